The van der Waals surface area contributed by atoms with E-state index in [1.165, 1.54) is 11.8 Å². The van der Waals surface area contributed by atoms with E-state index in [0.29, 0.717) is 24.5 Å². The molecule has 0 fully saturated rings. The van der Waals surface area contributed by atoms with Crippen molar-refractivity contribution in [3.63, 3.8) is 0 Å². The molecule has 8 heteroatoms. The number of carbonyl (C=O) groups is 1. The maximum Gasteiger partial charge on any atom is 0.349 e. The molecule has 168 valence electrons. The first-order valence-corrected chi connectivity index (χ1v) is 11.8. The zero-order valence-electron chi connectivity index (χ0n) is 18.1. The number of amides is 1. The van der Waals surface area contributed by atoms with Gasteiger partial charge in [0.2, 0.25) is 5.91 Å². The average Bonchev–Trinajstić information content (AvgIpc) is 3.33. The standard InChI is InChI=1S/C24H27N3O4S/c1-30-21-11-5-2-7-17(21)12-13-25-22(28)16-32-23-19-9-3-4-10-20(19)27(24(29)26-23)15-18-8-6-14-31-18/h2,5-8,11,14H,3-4,9-10,12-13,15-16H2,1H3,(H,25,28). The van der Waals surface area contributed by atoms with Gasteiger partial charge in [0.05, 0.1) is 25.7 Å². The molecule has 2 aromatic heterocycles. The van der Waals surface area contributed by atoms with Gasteiger partial charge in [-0.05, 0) is 55.9 Å². The molecule has 4 rings (SSSR count). The lowest BCUT2D eigenvalue weighted by Crippen LogP contribution is -2.31. The van der Waals surface area contributed by atoms with Crippen molar-refractivity contribution in [1.82, 2.24) is 14.9 Å². The van der Waals surface area contributed by atoms with Crippen molar-refractivity contribution in [3.05, 3.63) is 75.7 Å². The monoisotopic (exact) mass is 453 g/mol. The molecular formula is C24H27N3O4S. The van der Waals surface area contributed by atoms with E-state index in [1.807, 2.05) is 36.4 Å². The molecule has 1 aliphatic rings. The van der Waals surface area contributed by atoms with E-state index in [1.54, 1.807) is 17.9 Å². The number of ether oxygens (including phenoxy) is 1. The van der Waals surface area contributed by atoms with E-state index < -0.39 is 0 Å². The number of aromatic nitrogens is 2. The number of hydrogen-bond acceptors (Lipinski definition) is 6. The molecule has 1 amide bonds. The normalized spacial score (nSPS) is 12.9. The van der Waals surface area contributed by atoms with E-state index in [9.17, 15) is 9.59 Å². The Labute approximate surface area is 191 Å². The summed E-state index contributed by atoms with van der Waals surface area (Å²) in [4.78, 5) is 29.5. The second kappa shape index (κ2) is 10.5. The highest BCUT2D eigenvalue weighted by Gasteiger charge is 2.21. The van der Waals surface area contributed by atoms with Crippen molar-refractivity contribution in [2.24, 2.45) is 0 Å². The van der Waals surface area contributed by atoms with E-state index in [-0.39, 0.29) is 17.3 Å². The Morgan fingerprint density at radius 1 is 1.22 bits per heavy atom. The molecule has 3 aromatic rings. The molecule has 0 bridgehead atoms. The molecule has 0 radical (unpaired) electrons. The Morgan fingerprint density at radius 2 is 2.06 bits per heavy atom. The van der Waals surface area contributed by atoms with Crippen molar-refractivity contribution in [2.45, 2.75) is 43.7 Å². The van der Waals surface area contributed by atoms with Crippen LogP contribution in [0.1, 0.15) is 35.4 Å². The zero-order valence-corrected chi connectivity index (χ0v) is 19.0. The summed E-state index contributed by atoms with van der Waals surface area (Å²) in [7, 11) is 1.64. The summed E-state index contributed by atoms with van der Waals surface area (Å²) in [5.74, 6) is 1.71. The smallest absolute Gasteiger partial charge is 0.349 e. The van der Waals surface area contributed by atoms with Gasteiger partial charge >= 0.3 is 5.69 Å². The van der Waals surface area contributed by atoms with Gasteiger partial charge in [-0.25, -0.2) is 4.79 Å². The Balaban J connectivity index is 1.39. The van der Waals surface area contributed by atoms with E-state index >= 15 is 0 Å². The number of methoxy groups -OCH3 is 1. The number of benzene rings is 1. The van der Waals surface area contributed by atoms with Gasteiger partial charge in [-0.15, -0.1) is 0 Å². The minimum absolute atomic E-state index is 0.0731. The van der Waals surface area contributed by atoms with Crippen molar-refractivity contribution in [2.75, 3.05) is 19.4 Å². The maximum atomic E-state index is 12.8. The summed E-state index contributed by atoms with van der Waals surface area (Å²) in [6.45, 7) is 0.908. The van der Waals surface area contributed by atoms with E-state index in [4.69, 9.17) is 9.15 Å². The molecule has 0 atom stereocenters. The number of carbonyl (C=O) groups excluding carboxylic acids is 1. The van der Waals surface area contributed by atoms with Crippen LogP contribution in [0.4, 0.5) is 0 Å². The van der Waals surface area contributed by atoms with Gasteiger partial charge in [0.1, 0.15) is 16.5 Å². The van der Waals surface area contributed by atoms with Crippen molar-refractivity contribution in [1.29, 1.82) is 0 Å². The first kappa shape index (κ1) is 22.2. The van der Waals surface area contributed by atoms with Gasteiger partial charge < -0.3 is 14.5 Å². The van der Waals surface area contributed by atoms with Crippen LogP contribution in [0.5, 0.6) is 5.75 Å². The number of nitrogens with one attached hydrogen (secondary N) is 1. The first-order chi connectivity index (χ1) is 15.7. The minimum atomic E-state index is -0.291. The lowest BCUT2D eigenvalue weighted by Gasteiger charge is -2.22. The largest absolute Gasteiger partial charge is 0.496 e. The predicted octanol–water partition coefficient (Wildman–Crippen LogP) is 3.22. The van der Waals surface area contributed by atoms with Crippen LogP contribution in [0.3, 0.4) is 0 Å². The van der Waals surface area contributed by atoms with Crippen LogP contribution in [-0.2, 0) is 30.6 Å². The van der Waals surface area contributed by atoms with E-state index in [2.05, 4.69) is 10.3 Å². The molecule has 0 spiro atoms. The van der Waals surface area contributed by atoms with Crippen LogP contribution < -0.4 is 15.7 Å². The zero-order chi connectivity index (χ0) is 22.3. The SMILES string of the molecule is COc1ccccc1CCNC(=O)CSc1nc(=O)n(Cc2ccco2)c2c1CCCC2. The summed E-state index contributed by atoms with van der Waals surface area (Å²) in [6.07, 6.45) is 6.12. The quantitative estimate of drug-likeness (QED) is 0.395. The Hall–Kier alpha value is -3.00. The van der Waals surface area contributed by atoms with Crippen molar-refractivity contribution < 1.29 is 13.9 Å². The fourth-order valence-corrected chi connectivity index (χ4v) is 4.93. The lowest BCUT2D eigenvalue weighted by atomic mass is 9.97. The van der Waals surface area contributed by atoms with Gasteiger partial charge in [-0.1, -0.05) is 30.0 Å². The molecule has 2 heterocycles. The van der Waals surface area contributed by atoms with Gasteiger partial charge in [-0.3, -0.25) is 9.36 Å². The molecule has 0 saturated heterocycles. The minimum Gasteiger partial charge on any atom is -0.496 e. The molecule has 1 N–H and O–H groups in total. The molecule has 0 unspecified atom stereocenters. The summed E-state index contributed by atoms with van der Waals surface area (Å²) in [5.41, 5.74) is 2.88. The van der Waals surface area contributed by atoms with Crippen LogP contribution in [0.2, 0.25) is 0 Å². The molecule has 32 heavy (non-hydrogen) atoms. The highest BCUT2D eigenvalue weighted by molar-refractivity contribution is 7.99. The third kappa shape index (κ3) is 5.24. The highest BCUT2D eigenvalue weighted by atomic mass is 32.2. The summed E-state index contributed by atoms with van der Waals surface area (Å²) < 4.78 is 12.5. The van der Waals surface area contributed by atoms with Crippen LogP contribution in [0.25, 0.3) is 0 Å². The number of fused-ring (bicyclic) bond motifs is 1. The first-order valence-electron chi connectivity index (χ1n) is 10.8. The summed E-state index contributed by atoms with van der Waals surface area (Å²) in [5, 5.41) is 3.63. The predicted molar refractivity (Wildman–Crippen MR) is 123 cm³/mol. The Morgan fingerprint density at radius 3 is 2.88 bits per heavy atom. The molecular weight excluding hydrogens is 426 g/mol. The molecule has 7 nitrogen and oxygen atoms in total. The number of furan rings is 1. The molecule has 1 aliphatic carbocycles. The average molecular weight is 454 g/mol. The van der Waals surface area contributed by atoms with Crippen LogP contribution >= 0.6 is 11.8 Å². The van der Waals surface area contributed by atoms with Crippen molar-refractivity contribution in [3.8, 4) is 5.75 Å². The molecule has 1 aromatic carbocycles. The number of hydrogen-bond donors (Lipinski definition) is 1. The lowest BCUT2D eigenvalue weighted by molar-refractivity contribution is -0.118. The third-order valence-corrected chi connectivity index (χ3v) is 6.61. The number of nitrogens with zero attached hydrogens (tertiary/aromatic N) is 2. The van der Waals surface area contributed by atoms with Gasteiger partial charge in [0.25, 0.3) is 0 Å². The van der Waals surface area contributed by atoms with Crippen LogP contribution in [0.15, 0.2) is 56.9 Å². The fraction of sp³-hybridized carbons (Fsp3) is 0.375. The second-order valence-corrected chi connectivity index (χ2v) is 8.66. The maximum absolute atomic E-state index is 12.8. The fourth-order valence-electron chi connectivity index (χ4n) is 4.02. The topological polar surface area (TPSA) is 86.4 Å². The van der Waals surface area contributed by atoms with Crippen LogP contribution in [0, 0.1) is 0 Å². The highest BCUT2D eigenvalue weighted by Crippen LogP contribution is 2.28. The van der Waals surface area contributed by atoms with Crippen molar-refractivity contribution >= 4 is 17.7 Å². The Bertz CT molecular complexity index is 1120. The van der Waals surface area contributed by atoms with Gasteiger partial charge in [-0.2, -0.15) is 4.98 Å². The third-order valence-electron chi connectivity index (χ3n) is 5.59. The van der Waals surface area contributed by atoms with E-state index in [0.717, 1.165) is 54.0 Å². The molecule has 0 saturated carbocycles. The summed E-state index contributed by atoms with van der Waals surface area (Å²) >= 11 is 1.34. The molecule has 0 aliphatic heterocycles. The Kier molecular flexibility index (Phi) is 7.32. The van der Waals surface area contributed by atoms with Gasteiger partial charge in [0, 0.05) is 17.8 Å². The summed E-state index contributed by atoms with van der Waals surface area (Å²) in [6, 6.07) is 11.5. The van der Waals surface area contributed by atoms with Crippen LogP contribution in [-0.4, -0.2) is 34.9 Å². The number of rotatable bonds is 9. The van der Waals surface area contributed by atoms with Gasteiger partial charge in [0.15, 0.2) is 0 Å². The second-order valence-electron chi connectivity index (χ2n) is 7.70. The number of para-hydroxylation sites is 1. The number of thioether (sulfide) groups is 1.